The molecule has 6 nitrogen and oxygen atoms in total. The fraction of sp³-hybridized carbons (Fsp3) is 0.136. The minimum absolute atomic E-state index is 0.0717. The molecule has 29 heavy (non-hydrogen) atoms. The number of nitrogens with one attached hydrogen (secondary N) is 1. The van der Waals surface area contributed by atoms with E-state index in [2.05, 4.69) is 26.2 Å². The average molecular weight is 452 g/mol. The highest BCUT2D eigenvalue weighted by atomic mass is 79.9. The molecule has 1 aromatic heterocycles. The number of benzene rings is 2. The largest absolute Gasteiger partial charge is 0.439 e. The molecule has 1 aliphatic heterocycles. The Morgan fingerprint density at radius 3 is 2.69 bits per heavy atom. The van der Waals surface area contributed by atoms with Crippen LogP contribution in [0.2, 0.25) is 0 Å². The smallest absolute Gasteiger partial charge is 0.257 e. The van der Waals surface area contributed by atoms with E-state index in [0.29, 0.717) is 41.5 Å². The quantitative estimate of drug-likeness (QED) is 0.591. The monoisotopic (exact) mass is 451 g/mol. The minimum atomic E-state index is -0.300. The van der Waals surface area contributed by atoms with Crippen LogP contribution in [0.25, 0.3) is 0 Å². The number of nitrogens with zero attached hydrogens (tertiary/aromatic N) is 2. The Hall–Kier alpha value is -3.19. The molecule has 0 saturated carbocycles. The highest BCUT2D eigenvalue weighted by molar-refractivity contribution is 9.10. The highest BCUT2D eigenvalue weighted by Crippen LogP contribution is 2.30. The Kier molecular flexibility index (Phi) is 5.57. The van der Waals surface area contributed by atoms with Gasteiger partial charge in [-0.2, -0.15) is 0 Å². The number of carbonyl (C=O) groups excluding carboxylic acids is 2. The number of carbonyl (C=O) groups is 2. The summed E-state index contributed by atoms with van der Waals surface area (Å²) in [7, 11) is 0. The van der Waals surface area contributed by atoms with Gasteiger partial charge in [-0.1, -0.05) is 34.1 Å². The van der Waals surface area contributed by atoms with Gasteiger partial charge in [-0.15, -0.1) is 0 Å². The van der Waals surface area contributed by atoms with Crippen molar-refractivity contribution in [3.63, 3.8) is 0 Å². The van der Waals surface area contributed by atoms with Crippen molar-refractivity contribution in [1.29, 1.82) is 0 Å². The first-order valence-electron chi connectivity index (χ1n) is 9.20. The standard InChI is InChI=1S/C22H18BrN3O3/c23-16-5-3-6-17(13-16)29-20-11-10-15(14-24-20)22(28)25-18-7-1-2-8-19(18)26-12-4-9-21(26)27/h1-3,5-8,10-11,13-14H,4,9,12H2,(H,25,28). The zero-order chi connectivity index (χ0) is 20.2. The van der Waals surface area contributed by atoms with E-state index in [-0.39, 0.29) is 11.8 Å². The second-order valence-electron chi connectivity index (χ2n) is 6.56. The third-order valence-corrected chi connectivity index (χ3v) is 5.03. The van der Waals surface area contributed by atoms with Crippen molar-refractivity contribution >= 4 is 39.1 Å². The van der Waals surface area contributed by atoms with Crippen LogP contribution in [0, 0.1) is 0 Å². The molecular weight excluding hydrogens is 434 g/mol. The van der Waals surface area contributed by atoms with Gasteiger partial charge in [-0.25, -0.2) is 4.98 Å². The van der Waals surface area contributed by atoms with E-state index < -0.39 is 0 Å². The third kappa shape index (κ3) is 4.46. The van der Waals surface area contributed by atoms with Crippen molar-refractivity contribution in [2.75, 3.05) is 16.8 Å². The van der Waals surface area contributed by atoms with Crippen molar-refractivity contribution in [2.24, 2.45) is 0 Å². The Bertz CT molecular complexity index is 1050. The first-order chi connectivity index (χ1) is 14.1. The molecule has 1 aliphatic rings. The summed E-state index contributed by atoms with van der Waals surface area (Å²) < 4.78 is 6.60. The molecule has 7 heteroatoms. The van der Waals surface area contributed by atoms with E-state index in [1.165, 1.54) is 6.20 Å². The molecule has 0 spiro atoms. The molecule has 0 unspecified atom stereocenters. The average Bonchev–Trinajstić information content (AvgIpc) is 3.15. The molecule has 4 rings (SSSR count). The second-order valence-corrected chi connectivity index (χ2v) is 7.48. The molecular formula is C22H18BrN3O3. The van der Waals surface area contributed by atoms with Crippen LogP contribution >= 0.6 is 15.9 Å². The van der Waals surface area contributed by atoms with E-state index in [1.807, 2.05) is 42.5 Å². The molecule has 0 radical (unpaired) electrons. The van der Waals surface area contributed by atoms with Crippen LogP contribution in [0.15, 0.2) is 71.3 Å². The molecule has 1 N–H and O–H groups in total. The fourth-order valence-electron chi connectivity index (χ4n) is 3.14. The highest BCUT2D eigenvalue weighted by Gasteiger charge is 2.24. The lowest BCUT2D eigenvalue weighted by Crippen LogP contribution is -2.25. The van der Waals surface area contributed by atoms with Crippen LogP contribution in [-0.2, 0) is 4.79 Å². The van der Waals surface area contributed by atoms with E-state index in [0.717, 1.165) is 10.9 Å². The van der Waals surface area contributed by atoms with Gasteiger partial charge in [0.2, 0.25) is 11.8 Å². The third-order valence-electron chi connectivity index (χ3n) is 4.53. The number of aromatic nitrogens is 1. The maximum absolute atomic E-state index is 12.7. The summed E-state index contributed by atoms with van der Waals surface area (Å²) in [4.78, 5) is 30.7. The molecule has 2 aromatic carbocycles. The molecule has 2 heterocycles. The molecule has 3 aromatic rings. The number of amides is 2. The number of rotatable bonds is 5. The molecule has 0 aliphatic carbocycles. The maximum Gasteiger partial charge on any atom is 0.257 e. The zero-order valence-corrected chi connectivity index (χ0v) is 17.1. The Labute approximate surface area is 176 Å². The summed E-state index contributed by atoms with van der Waals surface area (Å²) in [5.74, 6) is 0.809. The lowest BCUT2D eigenvalue weighted by atomic mass is 10.2. The number of hydrogen-bond donors (Lipinski definition) is 1. The first-order valence-corrected chi connectivity index (χ1v) is 10.00. The maximum atomic E-state index is 12.7. The van der Waals surface area contributed by atoms with Crippen molar-refractivity contribution in [3.05, 3.63) is 76.9 Å². The summed E-state index contributed by atoms with van der Waals surface area (Å²) in [5.41, 5.74) is 1.71. The van der Waals surface area contributed by atoms with Crippen molar-refractivity contribution < 1.29 is 14.3 Å². The number of halogens is 1. The summed E-state index contributed by atoms with van der Waals surface area (Å²) >= 11 is 3.39. The van der Waals surface area contributed by atoms with Crippen molar-refractivity contribution in [3.8, 4) is 11.6 Å². The Balaban J connectivity index is 1.47. The molecule has 1 fully saturated rings. The molecule has 0 bridgehead atoms. The van der Waals surface area contributed by atoms with Gasteiger partial charge in [0, 0.05) is 29.7 Å². The summed E-state index contributed by atoms with van der Waals surface area (Å²) in [6.07, 6.45) is 2.82. The van der Waals surface area contributed by atoms with Crippen LogP contribution < -0.4 is 15.0 Å². The molecule has 146 valence electrons. The summed E-state index contributed by atoms with van der Waals surface area (Å²) in [6.45, 7) is 0.662. The Morgan fingerprint density at radius 2 is 1.97 bits per heavy atom. The van der Waals surface area contributed by atoms with E-state index in [1.54, 1.807) is 23.1 Å². The van der Waals surface area contributed by atoms with Gasteiger partial charge >= 0.3 is 0 Å². The van der Waals surface area contributed by atoms with Crippen LogP contribution in [0.5, 0.6) is 11.6 Å². The van der Waals surface area contributed by atoms with Crippen molar-refractivity contribution in [1.82, 2.24) is 4.98 Å². The predicted octanol–water partition coefficient (Wildman–Crippen LogP) is 5.02. The normalized spacial score (nSPS) is 13.4. The van der Waals surface area contributed by atoms with Crippen LogP contribution in [0.4, 0.5) is 11.4 Å². The number of ether oxygens (including phenoxy) is 1. The van der Waals surface area contributed by atoms with Gasteiger partial charge in [0.25, 0.3) is 5.91 Å². The van der Waals surface area contributed by atoms with Crippen LogP contribution in [0.3, 0.4) is 0 Å². The fourth-order valence-corrected chi connectivity index (χ4v) is 3.52. The Morgan fingerprint density at radius 1 is 1.10 bits per heavy atom. The van der Waals surface area contributed by atoms with Gasteiger partial charge in [0.15, 0.2) is 0 Å². The van der Waals surface area contributed by atoms with E-state index in [9.17, 15) is 9.59 Å². The summed E-state index contributed by atoms with van der Waals surface area (Å²) in [6, 6.07) is 18.0. The minimum Gasteiger partial charge on any atom is -0.439 e. The summed E-state index contributed by atoms with van der Waals surface area (Å²) in [5, 5.41) is 2.88. The molecule has 2 amide bonds. The lowest BCUT2D eigenvalue weighted by Gasteiger charge is -2.20. The molecule has 1 saturated heterocycles. The van der Waals surface area contributed by atoms with Crippen molar-refractivity contribution in [2.45, 2.75) is 12.8 Å². The van der Waals surface area contributed by atoms with E-state index in [4.69, 9.17) is 4.74 Å². The van der Waals surface area contributed by atoms with Gasteiger partial charge < -0.3 is 15.0 Å². The number of hydrogen-bond acceptors (Lipinski definition) is 4. The predicted molar refractivity (Wildman–Crippen MR) is 114 cm³/mol. The SMILES string of the molecule is O=C(Nc1ccccc1N1CCCC1=O)c1ccc(Oc2cccc(Br)c2)nc1. The topological polar surface area (TPSA) is 71.5 Å². The first kappa shape index (κ1) is 19.1. The number of pyridine rings is 1. The van der Waals surface area contributed by atoms with Crippen LogP contribution in [0.1, 0.15) is 23.2 Å². The second kappa shape index (κ2) is 8.45. The zero-order valence-electron chi connectivity index (χ0n) is 15.5. The van der Waals surface area contributed by atoms with Gasteiger partial charge in [-0.3, -0.25) is 9.59 Å². The van der Waals surface area contributed by atoms with Crippen LogP contribution in [-0.4, -0.2) is 23.3 Å². The van der Waals surface area contributed by atoms with Gasteiger partial charge in [0.05, 0.1) is 16.9 Å². The van der Waals surface area contributed by atoms with Gasteiger partial charge in [-0.05, 0) is 42.8 Å². The molecule has 0 atom stereocenters. The number of anilines is 2. The number of para-hydroxylation sites is 2. The van der Waals surface area contributed by atoms with E-state index >= 15 is 0 Å². The van der Waals surface area contributed by atoms with Gasteiger partial charge in [0.1, 0.15) is 5.75 Å². The lowest BCUT2D eigenvalue weighted by molar-refractivity contribution is -0.117.